The number of halogens is 1. The Bertz CT molecular complexity index is 260. The van der Waals surface area contributed by atoms with Gasteiger partial charge in [0.2, 0.25) is 0 Å². The highest BCUT2D eigenvalue weighted by Crippen LogP contribution is 2.31. The van der Waals surface area contributed by atoms with E-state index in [1.807, 2.05) is 6.07 Å². The smallest absolute Gasteiger partial charge is 0.0561 e. The van der Waals surface area contributed by atoms with Crippen LogP contribution in [0.2, 0.25) is 5.02 Å². The lowest BCUT2D eigenvalue weighted by Crippen LogP contribution is -2.21. The van der Waals surface area contributed by atoms with E-state index in [-0.39, 0.29) is 0 Å². The SMILES string of the molecule is CCCNC(CCC)c1sccc1Cl. The van der Waals surface area contributed by atoms with Crippen molar-refractivity contribution in [1.29, 1.82) is 0 Å². The van der Waals surface area contributed by atoms with Gasteiger partial charge in [-0.15, -0.1) is 11.3 Å². The third-order valence-corrected chi connectivity index (χ3v) is 3.65. The summed E-state index contributed by atoms with van der Waals surface area (Å²) in [6, 6.07) is 2.44. The van der Waals surface area contributed by atoms with Crippen LogP contribution in [0.4, 0.5) is 0 Å². The predicted molar refractivity (Wildman–Crippen MR) is 65.3 cm³/mol. The van der Waals surface area contributed by atoms with E-state index in [9.17, 15) is 0 Å². The first-order chi connectivity index (χ1) is 6.79. The second-order valence-electron chi connectivity index (χ2n) is 3.43. The van der Waals surface area contributed by atoms with Gasteiger partial charge in [0.15, 0.2) is 0 Å². The topological polar surface area (TPSA) is 12.0 Å². The second kappa shape index (κ2) is 6.44. The number of thiophene rings is 1. The molecule has 3 heteroatoms. The largest absolute Gasteiger partial charge is 0.309 e. The van der Waals surface area contributed by atoms with Gasteiger partial charge in [-0.3, -0.25) is 0 Å². The predicted octanol–water partition coefficient (Wildman–Crippen LogP) is 4.24. The van der Waals surface area contributed by atoms with E-state index < -0.39 is 0 Å². The summed E-state index contributed by atoms with van der Waals surface area (Å²) in [6.07, 6.45) is 3.53. The zero-order chi connectivity index (χ0) is 10.4. The highest BCUT2D eigenvalue weighted by molar-refractivity contribution is 7.10. The Hall–Kier alpha value is -0.0500. The summed E-state index contributed by atoms with van der Waals surface area (Å²) in [5.74, 6) is 0. The summed E-state index contributed by atoms with van der Waals surface area (Å²) in [6.45, 7) is 5.47. The lowest BCUT2D eigenvalue weighted by molar-refractivity contribution is 0.501. The maximum atomic E-state index is 6.12. The van der Waals surface area contributed by atoms with Gasteiger partial charge in [0.1, 0.15) is 0 Å². The molecule has 1 nitrogen and oxygen atoms in total. The number of nitrogens with one attached hydrogen (secondary N) is 1. The van der Waals surface area contributed by atoms with Crippen molar-refractivity contribution >= 4 is 22.9 Å². The molecule has 14 heavy (non-hydrogen) atoms. The molecule has 0 spiro atoms. The van der Waals surface area contributed by atoms with Crippen LogP contribution in [0.3, 0.4) is 0 Å². The van der Waals surface area contributed by atoms with Crippen LogP contribution in [0.15, 0.2) is 11.4 Å². The van der Waals surface area contributed by atoms with Gasteiger partial charge in [-0.1, -0.05) is 31.9 Å². The molecule has 1 aromatic rings. The van der Waals surface area contributed by atoms with Crippen LogP contribution < -0.4 is 5.32 Å². The maximum Gasteiger partial charge on any atom is 0.0561 e. The number of rotatable bonds is 6. The number of hydrogen-bond acceptors (Lipinski definition) is 2. The molecule has 1 heterocycles. The van der Waals surface area contributed by atoms with Crippen molar-refractivity contribution < 1.29 is 0 Å². The summed E-state index contributed by atoms with van der Waals surface area (Å²) in [7, 11) is 0. The lowest BCUT2D eigenvalue weighted by Gasteiger charge is -2.16. The maximum absolute atomic E-state index is 6.12. The summed E-state index contributed by atoms with van der Waals surface area (Å²) in [4.78, 5) is 1.29. The molecule has 1 aromatic heterocycles. The average Bonchev–Trinajstić information content (AvgIpc) is 2.59. The third-order valence-electron chi connectivity index (χ3n) is 2.18. The van der Waals surface area contributed by atoms with Crippen LogP contribution in [0.25, 0.3) is 0 Å². The Morgan fingerprint density at radius 2 is 2.21 bits per heavy atom. The minimum absolute atomic E-state index is 0.451. The third kappa shape index (κ3) is 3.26. The first-order valence-corrected chi connectivity index (χ1v) is 6.51. The van der Waals surface area contributed by atoms with Crippen LogP contribution in [0.5, 0.6) is 0 Å². The summed E-state index contributed by atoms with van der Waals surface area (Å²) < 4.78 is 0. The fourth-order valence-corrected chi connectivity index (χ4v) is 2.79. The van der Waals surface area contributed by atoms with Gasteiger partial charge < -0.3 is 5.32 Å². The molecule has 0 aliphatic rings. The summed E-state index contributed by atoms with van der Waals surface area (Å²) in [5, 5.41) is 6.52. The van der Waals surface area contributed by atoms with Crippen molar-refractivity contribution in [1.82, 2.24) is 5.32 Å². The van der Waals surface area contributed by atoms with E-state index in [1.54, 1.807) is 11.3 Å². The van der Waals surface area contributed by atoms with Crippen LogP contribution in [-0.2, 0) is 0 Å². The van der Waals surface area contributed by atoms with Crippen molar-refractivity contribution in [2.75, 3.05) is 6.54 Å². The minimum Gasteiger partial charge on any atom is -0.309 e. The summed E-state index contributed by atoms with van der Waals surface area (Å²) >= 11 is 7.87. The van der Waals surface area contributed by atoms with Crippen LogP contribution in [0, 0.1) is 0 Å². The molecular weight excluding hydrogens is 214 g/mol. The molecule has 0 saturated heterocycles. The van der Waals surface area contributed by atoms with E-state index in [2.05, 4.69) is 24.5 Å². The van der Waals surface area contributed by atoms with Gasteiger partial charge in [0, 0.05) is 10.9 Å². The molecule has 0 fully saturated rings. The van der Waals surface area contributed by atoms with Gasteiger partial charge >= 0.3 is 0 Å². The zero-order valence-corrected chi connectivity index (χ0v) is 10.4. The van der Waals surface area contributed by atoms with E-state index >= 15 is 0 Å². The molecule has 1 N–H and O–H groups in total. The molecule has 1 atom stereocenters. The Balaban J connectivity index is 2.62. The van der Waals surface area contributed by atoms with Gasteiger partial charge in [-0.25, -0.2) is 0 Å². The molecule has 0 radical (unpaired) electrons. The first kappa shape index (κ1) is 12.0. The fourth-order valence-electron chi connectivity index (χ4n) is 1.49. The Morgan fingerprint density at radius 1 is 1.43 bits per heavy atom. The van der Waals surface area contributed by atoms with Crippen molar-refractivity contribution in [3.63, 3.8) is 0 Å². The van der Waals surface area contributed by atoms with E-state index in [4.69, 9.17) is 11.6 Å². The van der Waals surface area contributed by atoms with Crippen LogP contribution in [0.1, 0.15) is 44.0 Å². The first-order valence-electron chi connectivity index (χ1n) is 5.25. The molecule has 80 valence electrons. The number of hydrogen-bond donors (Lipinski definition) is 1. The van der Waals surface area contributed by atoms with Gasteiger partial charge in [0.05, 0.1) is 5.02 Å². The highest BCUT2D eigenvalue weighted by Gasteiger charge is 2.13. The quantitative estimate of drug-likeness (QED) is 0.772. The van der Waals surface area contributed by atoms with Gasteiger partial charge in [0.25, 0.3) is 0 Å². The lowest BCUT2D eigenvalue weighted by atomic mass is 10.1. The average molecular weight is 232 g/mol. The van der Waals surface area contributed by atoms with E-state index in [1.165, 1.54) is 24.1 Å². The molecule has 0 saturated carbocycles. The monoisotopic (exact) mass is 231 g/mol. The summed E-state index contributed by atoms with van der Waals surface area (Å²) in [5.41, 5.74) is 0. The van der Waals surface area contributed by atoms with Crippen molar-refractivity contribution in [2.24, 2.45) is 0 Å². The van der Waals surface area contributed by atoms with Crippen LogP contribution in [-0.4, -0.2) is 6.54 Å². The second-order valence-corrected chi connectivity index (χ2v) is 4.78. The van der Waals surface area contributed by atoms with Crippen molar-refractivity contribution in [3.8, 4) is 0 Å². The van der Waals surface area contributed by atoms with Crippen molar-refractivity contribution in [3.05, 3.63) is 21.3 Å². The molecule has 1 unspecified atom stereocenters. The molecule has 0 amide bonds. The highest BCUT2D eigenvalue weighted by atomic mass is 35.5. The Kier molecular flexibility index (Phi) is 5.53. The van der Waals surface area contributed by atoms with Crippen molar-refractivity contribution in [2.45, 2.75) is 39.2 Å². The zero-order valence-electron chi connectivity index (χ0n) is 8.85. The molecule has 0 aliphatic carbocycles. The van der Waals surface area contributed by atoms with E-state index in [0.29, 0.717) is 6.04 Å². The minimum atomic E-state index is 0.451. The standard InChI is InChI=1S/C11H18ClNS/c1-3-5-10(13-7-4-2)11-9(12)6-8-14-11/h6,8,10,13H,3-5,7H2,1-2H3. The molecule has 1 rings (SSSR count). The molecule has 0 aromatic carbocycles. The Labute approximate surface area is 95.5 Å². The Morgan fingerprint density at radius 3 is 2.71 bits per heavy atom. The normalized spacial score (nSPS) is 13.1. The molecule has 0 aliphatic heterocycles. The van der Waals surface area contributed by atoms with Gasteiger partial charge in [-0.05, 0) is 30.8 Å². The molecule has 0 bridgehead atoms. The van der Waals surface area contributed by atoms with Crippen LogP contribution >= 0.6 is 22.9 Å². The molecular formula is C11H18ClNS. The van der Waals surface area contributed by atoms with Gasteiger partial charge in [-0.2, -0.15) is 0 Å². The van der Waals surface area contributed by atoms with E-state index in [0.717, 1.165) is 11.6 Å². The fraction of sp³-hybridized carbons (Fsp3) is 0.636.